The normalized spacial score (nSPS) is 11.7. The number of hydrogen-bond acceptors (Lipinski definition) is 4. The minimum atomic E-state index is 0.571. The molecule has 0 aliphatic carbocycles. The van der Waals surface area contributed by atoms with Crippen LogP contribution in [0.4, 0.5) is 0 Å². The number of likely N-dealkylation sites (N-methyl/N-ethyl adjacent to an activating group) is 1. The first kappa shape index (κ1) is 16.2. The molecule has 0 N–H and O–H groups in total. The lowest BCUT2D eigenvalue weighted by Crippen LogP contribution is -2.27. The smallest absolute Gasteiger partial charge is 0.160 e. The van der Waals surface area contributed by atoms with Gasteiger partial charge < -0.3 is 14.2 Å². The SMILES string of the molecule is COCCN(C)CCn1c(CCCl)nc2c(C)ccnc21. The first-order chi connectivity index (χ1) is 10.2. The number of aryl methyl sites for hydroxylation is 2. The highest BCUT2D eigenvalue weighted by molar-refractivity contribution is 6.17. The van der Waals surface area contributed by atoms with E-state index < -0.39 is 0 Å². The average Bonchev–Trinajstić information content (AvgIpc) is 2.82. The molecule has 21 heavy (non-hydrogen) atoms. The van der Waals surface area contributed by atoms with Gasteiger partial charge in [-0.15, -0.1) is 11.6 Å². The minimum absolute atomic E-state index is 0.571. The summed E-state index contributed by atoms with van der Waals surface area (Å²) in [4.78, 5) is 11.5. The van der Waals surface area contributed by atoms with Gasteiger partial charge in [-0.05, 0) is 25.6 Å². The van der Waals surface area contributed by atoms with Gasteiger partial charge in [-0.1, -0.05) is 0 Å². The van der Waals surface area contributed by atoms with Gasteiger partial charge in [0.2, 0.25) is 0 Å². The summed E-state index contributed by atoms with van der Waals surface area (Å²) in [5.74, 6) is 1.59. The fraction of sp³-hybridized carbons (Fsp3) is 0.600. The molecule has 6 heteroatoms. The lowest BCUT2D eigenvalue weighted by molar-refractivity contribution is 0.159. The zero-order valence-corrected chi connectivity index (χ0v) is 13.7. The van der Waals surface area contributed by atoms with Crippen LogP contribution < -0.4 is 0 Å². The maximum absolute atomic E-state index is 5.91. The molecule has 2 heterocycles. The molecule has 0 unspecified atom stereocenters. The Hall–Kier alpha value is -1.17. The Morgan fingerprint density at radius 1 is 1.38 bits per heavy atom. The molecule has 0 spiro atoms. The van der Waals surface area contributed by atoms with E-state index >= 15 is 0 Å². The van der Waals surface area contributed by atoms with E-state index in [0.717, 1.165) is 55.2 Å². The Balaban J connectivity index is 2.20. The average molecular weight is 311 g/mol. The van der Waals surface area contributed by atoms with Gasteiger partial charge in [-0.25, -0.2) is 9.97 Å². The third-order valence-electron chi connectivity index (χ3n) is 3.62. The first-order valence-electron chi connectivity index (χ1n) is 7.21. The van der Waals surface area contributed by atoms with Gasteiger partial charge in [0.05, 0.1) is 6.61 Å². The molecule has 0 saturated carbocycles. The molecule has 0 saturated heterocycles. The maximum Gasteiger partial charge on any atom is 0.160 e. The standard InChI is InChI=1S/C15H23ClN4O/c1-12-5-7-17-15-14(12)18-13(4-6-16)20(15)9-8-19(2)10-11-21-3/h5,7H,4,6,8-11H2,1-3H3. The number of hydrogen-bond donors (Lipinski definition) is 0. The zero-order chi connectivity index (χ0) is 15.2. The number of halogens is 1. The van der Waals surface area contributed by atoms with Crippen molar-refractivity contribution in [1.82, 2.24) is 19.4 Å². The number of imidazole rings is 1. The van der Waals surface area contributed by atoms with E-state index in [1.165, 1.54) is 0 Å². The first-order valence-corrected chi connectivity index (χ1v) is 7.75. The van der Waals surface area contributed by atoms with Crippen LogP contribution in [0.2, 0.25) is 0 Å². The molecule has 0 aliphatic heterocycles. The van der Waals surface area contributed by atoms with Crippen LogP contribution in [0.1, 0.15) is 11.4 Å². The zero-order valence-electron chi connectivity index (χ0n) is 13.0. The van der Waals surface area contributed by atoms with Crippen LogP contribution >= 0.6 is 11.6 Å². The van der Waals surface area contributed by atoms with Crippen LogP contribution in [-0.2, 0) is 17.7 Å². The molecule has 2 aromatic rings. The van der Waals surface area contributed by atoms with E-state index in [-0.39, 0.29) is 0 Å². The molecule has 2 rings (SSSR count). The predicted molar refractivity (Wildman–Crippen MR) is 86.1 cm³/mol. The molecular formula is C15H23ClN4O. The highest BCUT2D eigenvalue weighted by Gasteiger charge is 2.13. The van der Waals surface area contributed by atoms with E-state index in [0.29, 0.717) is 5.88 Å². The second kappa shape index (κ2) is 7.73. The number of methoxy groups -OCH3 is 1. The van der Waals surface area contributed by atoms with Gasteiger partial charge in [0.15, 0.2) is 5.65 Å². The van der Waals surface area contributed by atoms with E-state index in [1.807, 2.05) is 12.3 Å². The van der Waals surface area contributed by atoms with Crippen molar-refractivity contribution in [2.75, 3.05) is 39.7 Å². The summed E-state index contributed by atoms with van der Waals surface area (Å²) in [6.45, 7) is 5.52. The van der Waals surface area contributed by atoms with Gasteiger partial charge in [0.1, 0.15) is 11.3 Å². The third-order valence-corrected chi connectivity index (χ3v) is 3.80. The molecule has 0 aliphatic rings. The van der Waals surface area contributed by atoms with Crippen LogP contribution in [-0.4, -0.2) is 59.2 Å². The number of rotatable bonds is 8. The summed E-state index contributed by atoms with van der Waals surface area (Å²) in [6, 6.07) is 1.99. The molecule has 5 nitrogen and oxygen atoms in total. The van der Waals surface area contributed by atoms with Crippen LogP contribution in [0.5, 0.6) is 0 Å². The van der Waals surface area contributed by atoms with Gasteiger partial charge >= 0.3 is 0 Å². The van der Waals surface area contributed by atoms with Gasteiger partial charge in [-0.3, -0.25) is 0 Å². The number of fused-ring (bicyclic) bond motifs is 1. The van der Waals surface area contributed by atoms with Gasteiger partial charge in [0.25, 0.3) is 0 Å². The fourth-order valence-electron chi connectivity index (χ4n) is 2.32. The molecule has 0 atom stereocenters. The Morgan fingerprint density at radius 2 is 2.19 bits per heavy atom. The molecule has 116 valence electrons. The lowest BCUT2D eigenvalue weighted by atomic mass is 10.3. The summed E-state index contributed by atoms with van der Waals surface area (Å²) >= 11 is 5.91. The van der Waals surface area contributed by atoms with Crippen molar-refractivity contribution >= 4 is 22.8 Å². The maximum atomic E-state index is 5.91. The van der Waals surface area contributed by atoms with E-state index in [1.54, 1.807) is 7.11 Å². The quantitative estimate of drug-likeness (QED) is 0.700. The Morgan fingerprint density at radius 3 is 2.90 bits per heavy atom. The highest BCUT2D eigenvalue weighted by Crippen LogP contribution is 2.18. The van der Waals surface area contributed by atoms with Crippen molar-refractivity contribution in [3.05, 3.63) is 23.7 Å². The summed E-state index contributed by atoms with van der Waals surface area (Å²) in [7, 11) is 3.82. The summed E-state index contributed by atoms with van der Waals surface area (Å²) < 4.78 is 7.30. The molecule has 2 aromatic heterocycles. The monoisotopic (exact) mass is 310 g/mol. The van der Waals surface area contributed by atoms with E-state index in [9.17, 15) is 0 Å². The van der Waals surface area contributed by atoms with Crippen molar-refractivity contribution in [2.45, 2.75) is 19.9 Å². The Bertz CT molecular complexity index is 584. The number of pyridine rings is 1. The lowest BCUT2D eigenvalue weighted by Gasteiger charge is -2.17. The Labute approximate surface area is 130 Å². The molecule has 0 aromatic carbocycles. The predicted octanol–water partition coefficient (Wildman–Crippen LogP) is 2.10. The number of ether oxygens (including phenoxy) is 1. The number of aromatic nitrogens is 3. The molecule has 0 amide bonds. The van der Waals surface area contributed by atoms with Crippen LogP contribution in [0.15, 0.2) is 12.3 Å². The molecular weight excluding hydrogens is 288 g/mol. The topological polar surface area (TPSA) is 43.2 Å². The third kappa shape index (κ3) is 3.93. The number of alkyl halides is 1. The van der Waals surface area contributed by atoms with Crippen molar-refractivity contribution in [3.8, 4) is 0 Å². The summed E-state index contributed by atoms with van der Waals surface area (Å²) in [5.41, 5.74) is 3.09. The van der Waals surface area contributed by atoms with E-state index in [4.69, 9.17) is 21.3 Å². The molecule has 0 fully saturated rings. The summed E-state index contributed by atoms with van der Waals surface area (Å²) in [5, 5.41) is 0. The van der Waals surface area contributed by atoms with Gasteiger partial charge in [-0.2, -0.15) is 0 Å². The van der Waals surface area contributed by atoms with Crippen molar-refractivity contribution in [1.29, 1.82) is 0 Å². The van der Waals surface area contributed by atoms with E-state index in [2.05, 4.69) is 28.4 Å². The molecule has 0 radical (unpaired) electrons. The van der Waals surface area contributed by atoms with Crippen LogP contribution in [0.25, 0.3) is 11.2 Å². The Kier molecular flexibility index (Phi) is 5.96. The minimum Gasteiger partial charge on any atom is -0.383 e. The van der Waals surface area contributed by atoms with Crippen molar-refractivity contribution in [2.24, 2.45) is 0 Å². The largest absolute Gasteiger partial charge is 0.383 e. The highest BCUT2D eigenvalue weighted by atomic mass is 35.5. The number of nitrogens with zero attached hydrogens (tertiary/aromatic N) is 4. The second-order valence-corrected chi connectivity index (χ2v) is 5.59. The van der Waals surface area contributed by atoms with Crippen molar-refractivity contribution in [3.63, 3.8) is 0 Å². The summed E-state index contributed by atoms with van der Waals surface area (Å²) in [6.07, 6.45) is 2.61. The van der Waals surface area contributed by atoms with Crippen molar-refractivity contribution < 1.29 is 4.74 Å². The molecule has 0 bridgehead atoms. The van der Waals surface area contributed by atoms with Crippen LogP contribution in [0, 0.1) is 6.92 Å². The van der Waals surface area contributed by atoms with Crippen LogP contribution in [0.3, 0.4) is 0 Å². The fourth-order valence-corrected chi connectivity index (χ4v) is 2.49. The van der Waals surface area contributed by atoms with Gasteiger partial charge in [0, 0.05) is 45.2 Å². The second-order valence-electron chi connectivity index (χ2n) is 5.21.